The van der Waals surface area contributed by atoms with Gasteiger partial charge >= 0.3 is 0 Å². The molecular formula is C11H17N3O. The van der Waals surface area contributed by atoms with E-state index in [1.54, 1.807) is 6.20 Å². The molecule has 0 aromatic carbocycles. The normalized spacial score (nSPS) is 12.2. The van der Waals surface area contributed by atoms with Crippen LogP contribution in [0.1, 0.15) is 18.9 Å². The molecule has 1 unspecified atom stereocenters. The molecule has 0 saturated carbocycles. The van der Waals surface area contributed by atoms with Gasteiger partial charge in [0.15, 0.2) is 0 Å². The molecule has 0 aliphatic heterocycles. The zero-order chi connectivity index (χ0) is 11.3. The zero-order valence-electron chi connectivity index (χ0n) is 9.16. The van der Waals surface area contributed by atoms with Crippen LogP contribution >= 0.6 is 0 Å². The average molecular weight is 207 g/mol. The van der Waals surface area contributed by atoms with E-state index in [0.717, 1.165) is 5.56 Å². The Hall–Kier alpha value is -1.42. The number of carbonyl (C=O) groups is 1. The van der Waals surface area contributed by atoms with E-state index in [4.69, 9.17) is 5.73 Å². The summed E-state index contributed by atoms with van der Waals surface area (Å²) >= 11 is 0. The Balaban J connectivity index is 2.51. The van der Waals surface area contributed by atoms with E-state index in [1.165, 1.54) is 0 Å². The number of anilines is 1. The summed E-state index contributed by atoms with van der Waals surface area (Å²) in [7, 11) is 0. The summed E-state index contributed by atoms with van der Waals surface area (Å²) in [6.45, 7) is 4.43. The summed E-state index contributed by atoms with van der Waals surface area (Å²) in [5.41, 5.74) is 6.52. The van der Waals surface area contributed by atoms with Gasteiger partial charge in [0.25, 0.3) is 0 Å². The number of hydrogen-bond acceptors (Lipinski definition) is 3. The fourth-order valence-electron chi connectivity index (χ4n) is 1.20. The van der Waals surface area contributed by atoms with Crippen LogP contribution in [0.2, 0.25) is 0 Å². The van der Waals surface area contributed by atoms with E-state index >= 15 is 0 Å². The second-order valence-corrected chi connectivity index (χ2v) is 3.81. The molecule has 1 atom stereocenters. The van der Waals surface area contributed by atoms with Crippen LogP contribution in [0.15, 0.2) is 18.3 Å². The number of aromatic nitrogens is 1. The van der Waals surface area contributed by atoms with Gasteiger partial charge in [0, 0.05) is 12.6 Å². The van der Waals surface area contributed by atoms with Crippen molar-refractivity contribution in [1.29, 1.82) is 0 Å². The van der Waals surface area contributed by atoms with E-state index < -0.39 is 0 Å². The van der Waals surface area contributed by atoms with E-state index in [0.29, 0.717) is 18.8 Å². The highest BCUT2D eigenvalue weighted by Crippen LogP contribution is 2.07. The Labute approximate surface area is 89.9 Å². The highest BCUT2D eigenvalue weighted by molar-refractivity contribution is 5.89. The Morgan fingerprint density at radius 2 is 2.40 bits per heavy atom. The largest absolute Gasteiger partial charge is 0.330 e. The SMILES string of the molecule is Cc1ccnc(NC(=O)CC(C)CN)c1. The van der Waals surface area contributed by atoms with Crippen molar-refractivity contribution < 1.29 is 4.79 Å². The van der Waals surface area contributed by atoms with Gasteiger partial charge in [-0.1, -0.05) is 6.92 Å². The Morgan fingerprint density at radius 3 is 3.00 bits per heavy atom. The van der Waals surface area contributed by atoms with Crippen LogP contribution in [0.3, 0.4) is 0 Å². The lowest BCUT2D eigenvalue weighted by molar-refractivity contribution is -0.116. The Bertz CT molecular complexity index is 338. The van der Waals surface area contributed by atoms with Crippen molar-refractivity contribution in [2.75, 3.05) is 11.9 Å². The lowest BCUT2D eigenvalue weighted by Crippen LogP contribution is -2.20. The quantitative estimate of drug-likeness (QED) is 0.782. The van der Waals surface area contributed by atoms with Gasteiger partial charge < -0.3 is 11.1 Å². The summed E-state index contributed by atoms with van der Waals surface area (Å²) in [5.74, 6) is 0.769. The molecule has 1 aromatic heterocycles. The molecule has 3 N–H and O–H groups in total. The first-order valence-corrected chi connectivity index (χ1v) is 5.04. The van der Waals surface area contributed by atoms with Crippen LogP contribution in [-0.4, -0.2) is 17.4 Å². The summed E-state index contributed by atoms with van der Waals surface area (Å²) in [6, 6.07) is 3.73. The molecule has 0 fully saturated rings. The molecular weight excluding hydrogens is 190 g/mol. The van der Waals surface area contributed by atoms with Crippen LogP contribution < -0.4 is 11.1 Å². The van der Waals surface area contributed by atoms with E-state index in [1.807, 2.05) is 26.0 Å². The number of hydrogen-bond donors (Lipinski definition) is 2. The van der Waals surface area contributed by atoms with Crippen LogP contribution in [-0.2, 0) is 4.79 Å². The third-order valence-electron chi connectivity index (χ3n) is 2.12. The second-order valence-electron chi connectivity index (χ2n) is 3.81. The molecule has 4 nitrogen and oxygen atoms in total. The van der Waals surface area contributed by atoms with Gasteiger partial charge in [-0.05, 0) is 37.1 Å². The van der Waals surface area contributed by atoms with Gasteiger partial charge in [-0.2, -0.15) is 0 Å². The minimum atomic E-state index is -0.0361. The number of rotatable bonds is 4. The van der Waals surface area contributed by atoms with Gasteiger partial charge in [0.05, 0.1) is 0 Å². The molecule has 4 heteroatoms. The maximum Gasteiger partial charge on any atom is 0.225 e. The van der Waals surface area contributed by atoms with Crippen molar-refractivity contribution in [3.8, 4) is 0 Å². The van der Waals surface area contributed by atoms with Crippen molar-refractivity contribution in [2.24, 2.45) is 11.7 Å². The second kappa shape index (κ2) is 5.46. The Kier molecular flexibility index (Phi) is 4.24. The summed E-state index contributed by atoms with van der Waals surface area (Å²) in [5, 5.41) is 2.74. The molecule has 0 saturated heterocycles. The molecule has 0 aliphatic rings. The molecule has 1 heterocycles. The van der Waals surface area contributed by atoms with Gasteiger partial charge in [0.2, 0.25) is 5.91 Å². The monoisotopic (exact) mass is 207 g/mol. The van der Waals surface area contributed by atoms with Crippen molar-refractivity contribution in [2.45, 2.75) is 20.3 Å². The first-order valence-electron chi connectivity index (χ1n) is 5.04. The Morgan fingerprint density at radius 1 is 1.67 bits per heavy atom. The minimum absolute atomic E-state index is 0.0361. The van der Waals surface area contributed by atoms with Gasteiger partial charge in [-0.25, -0.2) is 4.98 Å². The molecule has 0 aliphatic carbocycles. The van der Waals surface area contributed by atoms with E-state index in [2.05, 4.69) is 10.3 Å². The number of nitrogens with two attached hydrogens (primary N) is 1. The molecule has 1 aromatic rings. The van der Waals surface area contributed by atoms with Crippen LogP contribution in [0, 0.1) is 12.8 Å². The first kappa shape index (κ1) is 11.7. The number of nitrogens with one attached hydrogen (secondary N) is 1. The smallest absolute Gasteiger partial charge is 0.225 e. The molecule has 0 radical (unpaired) electrons. The highest BCUT2D eigenvalue weighted by Gasteiger charge is 2.07. The lowest BCUT2D eigenvalue weighted by Gasteiger charge is -2.08. The van der Waals surface area contributed by atoms with E-state index in [-0.39, 0.29) is 11.8 Å². The van der Waals surface area contributed by atoms with Crippen LogP contribution in [0.5, 0.6) is 0 Å². The topological polar surface area (TPSA) is 68.0 Å². The van der Waals surface area contributed by atoms with Crippen molar-refractivity contribution in [3.05, 3.63) is 23.9 Å². The van der Waals surface area contributed by atoms with Crippen molar-refractivity contribution >= 4 is 11.7 Å². The number of aryl methyl sites for hydroxylation is 1. The molecule has 1 rings (SSSR count). The van der Waals surface area contributed by atoms with Crippen LogP contribution in [0.4, 0.5) is 5.82 Å². The molecule has 15 heavy (non-hydrogen) atoms. The average Bonchev–Trinajstić information content (AvgIpc) is 2.17. The summed E-state index contributed by atoms with van der Waals surface area (Å²) in [6.07, 6.45) is 2.11. The maximum absolute atomic E-state index is 11.5. The first-order chi connectivity index (χ1) is 7.11. The highest BCUT2D eigenvalue weighted by atomic mass is 16.1. The standard InChI is InChI=1S/C11H17N3O/c1-8-3-4-13-10(5-8)14-11(15)6-9(2)7-12/h3-5,9H,6-7,12H2,1-2H3,(H,13,14,15). The van der Waals surface area contributed by atoms with Crippen molar-refractivity contribution in [3.63, 3.8) is 0 Å². The third kappa shape index (κ3) is 4.08. The molecule has 1 amide bonds. The van der Waals surface area contributed by atoms with Crippen LogP contribution in [0.25, 0.3) is 0 Å². The fourth-order valence-corrected chi connectivity index (χ4v) is 1.20. The zero-order valence-corrected chi connectivity index (χ0v) is 9.16. The summed E-state index contributed by atoms with van der Waals surface area (Å²) < 4.78 is 0. The van der Waals surface area contributed by atoms with Crippen molar-refractivity contribution in [1.82, 2.24) is 4.98 Å². The fraction of sp³-hybridized carbons (Fsp3) is 0.455. The third-order valence-corrected chi connectivity index (χ3v) is 2.12. The lowest BCUT2D eigenvalue weighted by atomic mass is 10.1. The minimum Gasteiger partial charge on any atom is -0.330 e. The molecule has 0 spiro atoms. The predicted molar refractivity (Wildman–Crippen MR) is 60.4 cm³/mol. The number of amides is 1. The van der Waals surface area contributed by atoms with Gasteiger partial charge in [-0.3, -0.25) is 4.79 Å². The number of carbonyl (C=O) groups excluding carboxylic acids is 1. The molecule has 0 bridgehead atoms. The maximum atomic E-state index is 11.5. The number of pyridine rings is 1. The van der Waals surface area contributed by atoms with Gasteiger partial charge in [0.1, 0.15) is 5.82 Å². The molecule has 82 valence electrons. The summed E-state index contributed by atoms with van der Waals surface area (Å²) in [4.78, 5) is 15.5. The number of nitrogens with zero attached hydrogens (tertiary/aromatic N) is 1. The predicted octanol–water partition coefficient (Wildman–Crippen LogP) is 1.31. The van der Waals surface area contributed by atoms with Gasteiger partial charge in [-0.15, -0.1) is 0 Å². The van der Waals surface area contributed by atoms with E-state index in [9.17, 15) is 4.79 Å².